The number of esters is 1. The zero-order valence-corrected chi connectivity index (χ0v) is 23.1. The molecule has 1 aliphatic heterocycles. The molecule has 4 aromatic rings. The molecule has 1 N–H and O–H groups in total. The minimum absolute atomic E-state index is 0.0620. The predicted octanol–water partition coefficient (Wildman–Crippen LogP) is 5.44. The van der Waals surface area contributed by atoms with E-state index in [0.717, 1.165) is 55.7 Å². The number of benzene rings is 2. The summed E-state index contributed by atoms with van der Waals surface area (Å²) in [6.45, 7) is 7.85. The Balaban J connectivity index is 1.66. The van der Waals surface area contributed by atoms with Crippen molar-refractivity contribution in [2.75, 3.05) is 14.2 Å². The van der Waals surface area contributed by atoms with Crippen molar-refractivity contribution in [1.82, 2.24) is 14.8 Å². The maximum Gasteiger partial charge on any atom is 0.308 e. The largest absolute Gasteiger partial charge is 0.496 e. The highest BCUT2D eigenvalue weighted by molar-refractivity contribution is 7.15. The molecule has 2 atom stereocenters. The Labute approximate surface area is 225 Å². The molecule has 9 heteroatoms. The molecule has 1 aliphatic rings. The summed E-state index contributed by atoms with van der Waals surface area (Å²) in [6, 6.07) is 13.3. The van der Waals surface area contributed by atoms with Crippen LogP contribution in [-0.2, 0) is 9.53 Å². The molecule has 2 aromatic carbocycles. The lowest BCUT2D eigenvalue weighted by Crippen LogP contribution is -2.12. The molecule has 0 bridgehead atoms. The van der Waals surface area contributed by atoms with Crippen LogP contribution in [0.3, 0.4) is 0 Å². The third kappa shape index (κ3) is 4.41. The lowest BCUT2D eigenvalue weighted by atomic mass is 9.95. The van der Waals surface area contributed by atoms with Gasteiger partial charge in [0.1, 0.15) is 22.6 Å². The van der Waals surface area contributed by atoms with Gasteiger partial charge in [-0.25, -0.2) is 0 Å². The fourth-order valence-electron chi connectivity index (χ4n) is 4.78. The van der Waals surface area contributed by atoms with Gasteiger partial charge >= 0.3 is 5.97 Å². The highest BCUT2D eigenvalue weighted by Crippen LogP contribution is 2.40. The lowest BCUT2D eigenvalue weighted by Gasteiger charge is -2.14. The smallest absolute Gasteiger partial charge is 0.308 e. The summed E-state index contributed by atoms with van der Waals surface area (Å²) in [5.41, 5.74) is 6.55. The van der Waals surface area contributed by atoms with Gasteiger partial charge in [0.15, 0.2) is 5.82 Å². The van der Waals surface area contributed by atoms with Gasteiger partial charge in [0.05, 0.1) is 32.5 Å². The number of rotatable bonds is 6. The molecular weight excluding hydrogens is 500 g/mol. The summed E-state index contributed by atoms with van der Waals surface area (Å²) in [7, 11) is 3.02. The predicted molar refractivity (Wildman–Crippen MR) is 148 cm³/mol. The molecule has 0 saturated heterocycles. The van der Waals surface area contributed by atoms with Crippen molar-refractivity contribution in [3.8, 4) is 21.9 Å². The first kappa shape index (κ1) is 25.8. The van der Waals surface area contributed by atoms with Crippen LogP contribution in [0.25, 0.3) is 16.1 Å². The van der Waals surface area contributed by atoms with Crippen molar-refractivity contribution in [3.05, 3.63) is 81.2 Å². The highest BCUT2D eigenvalue weighted by atomic mass is 32.1. The Kier molecular flexibility index (Phi) is 6.90. The normalized spacial score (nSPS) is 15.2. The van der Waals surface area contributed by atoms with Gasteiger partial charge in [0, 0.05) is 21.6 Å². The fraction of sp³-hybridized carbons (Fsp3) is 0.310. The number of aliphatic hydroxyl groups excluding tert-OH is 1. The standard InChI is InChI=1S/C29H30N4O4S/c1-15-17(3)38-29-26(15)27(30-23(14-25(35)37-6)28-32-31-18(4)33(28)29)20-9-7-19(8-10-20)22-13-21(16(2)34)11-12-24(22)36-5/h7-13,16,23,34H,14H2,1-6H3/t16-,23?/m0/s1. The van der Waals surface area contributed by atoms with Crippen LogP contribution in [0.5, 0.6) is 5.75 Å². The summed E-state index contributed by atoms with van der Waals surface area (Å²) in [5, 5.41) is 19.8. The first-order valence-electron chi connectivity index (χ1n) is 12.4. The summed E-state index contributed by atoms with van der Waals surface area (Å²) in [5.74, 6) is 1.74. The van der Waals surface area contributed by atoms with Crippen LogP contribution < -0.4 is 4.74 Å². The molecule has 0 spiro atoms. The average Bonchev–Trinajstić information content (AvgIpc) is 3.40. The summed E-state index contributed by atoms with van der Waals surface area (Å²) in [4.78, 5) is 18.6. The Morgan fingerprint density at radius 3 is 2.45 bits per heavy atom. The van der Waals surface area contributed by atoms with Gasteiger partial charge in [-0.15, -0.1) is 21.5 Å². The number of aliphatic hydroxyl groups is 1. The number of hydrogen-bond donors (Lipinski definition) is 1. The Morgan fingerprint density at radius 1 is 1.08 bits per heavy atom. The Morgan fingerprint density at radius 2 is 1.79 bits per heavy atom. The van der Waals surface area contributed by atoms with Gasteiger partial charge in [-0.3, -0.25) is 14.4 Å². The maximum atomic E-state index is 12.3. The molecule has 0 saturated carbocycles. The van der Waals surface area contributed by atoms with Gasteiger partial charge in [-0.1, -0.05) is 30.3 Å². The lowest BCUT2D eigenvalue weighted by molar-refractivity contribution is -0.141. The number of carbonyl (C=O) groups excluding carboxylic acids is 1. The van der Waals surface area contributed by atoms with Crippen molar-refractivity contribution >= 4 is 23.0 Å². The highest BCUT2D eigenvalue weighted by Gasteiger charge is 2.32. The molecule has 0 aliphatic carbocycles. The van der Waals surface area contributed by atoms with Crippen molar-refractivity contribution in [2.24, 2.45) is 4.99 Å². The number of hydrogen-bond acceptors (Lipinski definition) is 8. The van der Waals surface area contributed by atoms with Crippen molar-refractivity contribution in [1.29, 1.82) is 0 Å². The van der Waals surface area contributed by atoms with Crippen LogP contribution in [0.4, 0.5) is 0 Å². The second-order valence-electron chi connectivity index (χ2n) is 9.39. The number of aryl methyl sites for hydroxylation is 2. The number of thiophene rings is 1. The van der Waals surface area contributed by atoms with Crippen molar-refractivity contribution in [3.63, 3.8) is 0 Å². The van der Waals surface area contributed by atoms with Crippen LogP contribution in [0.15, 0.2) is 47.5 Å². The van der Waals surface area contributed by atoms with E-state index in [2.05, 4.69) is 24.0 Å². The van der Waals surface area contributed by atoms with E-state index in [4.69, 9.17) is 14.5 Å². The van der Waals surface area contributed by atoms with Crippen molar-refractivity contribution in [2.45, 2.75) is 46.3 Å². The zero-order valence-electron chi connectivity index (χ0n) is 22.3. The number of aromatic nitrogens is 3. The summed E-state index contributed by atoms with van der Waals surface area (Å²) in [6.07, 6.45) is -0.523. The monoisotopic (exact) mass is 530 g/mol. The molecule has 0 radical (unpaired) electrons. The van der Waals surface area contributed by atoms with Crippen LogP contribution >= 0.6 is 11.3 Å². The molecule has 5 rings (SSSR count). The van der Waals surface area contributed by atoms with E-state index in [0.29, 0.717) is 5.82 Å². The topological polar surface area (TPSA) is 98.8 Å². The zero-order chi connectivity index (χ0) is 27.1. The van der Waals surface area contributed by atoms with Gasteiger partial charge < -0.3 is 14.6 Å². The van der Waals surface area contributed by atoms with Crippen LogP contribution in [0, 0.1) is 20.8 Å². The number of fused-ring (bicyclic) bond motifs is 3. The minimum Gasteiger partial charge on any atom is -0.496 e. The molecule has 0 fully saturated rings. The first-order chi connectivity index (χ1) is 18.2. The summed E-state index contributed by atoms with van der Waals surface area (Å²) >= 11 is 1.67. The molecule has 38 heavy (non-hydrogen) atoms. The van der Waals surface area contributed by atoms with Gasteiger partial charge in [0.2, 0.25) is 0 Å². The SMILES string of the molecule is COC(=O)CC1N=C(c2ccc(-c3cc([C@H](C)O)ccc3OC)cc2)c2c(sc(C)c2C)-n2c(C)nnc21. The van der Waals surface area contributed by atoms with E-state index < -0.39 is 12.1 Å². The Bertz CT molecular complexity index is 1550. The van der Waals surface area contributed by atoms with E-state index in [9.17, 15) is 9.90 Å². The number of aliphatic imine (C=N–C) groups is 1. The molecule has 1 unspecified atom stereocenters. The quantitative estimate of drug-likeness (QED) is 0.334. The van der Waals surface area contributed by atoms with Gasteiger partial charge in [-0.2, -0.15) is 0 Å². The number of ether oxygens (including phenoxy) is 2. The molecular formula is C29H30N4O4S. The molecule has 3 heterocycles. The molecule has 196 valence electrons. The fourth-order valence-corrected chi connectivity index (χ4v) is 6.00. The maximum absolute atomic E-state index is 12.3. The van der Waals surface area contributed by atoms with Crippen molar-refractivity contribution < 1.29 is 19.4 Å². The third-order valence-corrected chi connectivity index (χ3v) is 8.19. The van der Waals surface area contributed by atoms with Crippen LogP contribution in [0.2, 0.25) is 0 Å². The van der Waals surface area contributed by atoms with E-state index in [1.165, 1.54) is 12.0 Å². The van der Waals surface area contributed by atoms with E-state index >= 15 is 0 Å². The molecule has 0 amide bonds. The number of methoxy groups -OCH3 is 2. The average molecular weight is 531 g/mol. The van der Waals surface area contributed by atoms with Crippen LogP contribution in [-0.4, -0.2) is 45.8 Å². The van der Waals surface area contributed by atoms with Gasteiger partial charge in [-0.05, 0) is 56.5 Å². The minimum atomic E-state index is -0.585. The van der Waals surface area contributed by atoms with Crippen LogP contribution in [0.1, 0.15) is 64.3 Å². The van der Waals surface area contributed by atoms with E-state index in [1.807, 2.05) is 54.0 Å². The third-order valence-electron chi connectivity index (χ3n) is 7.00. The van der Waals surface area contributed by atoms with Gasteiger partial charge in [0.25, 0.3) is 0 Å². The second-order valence-corrected chi connectivity index (χ2v) is 10.6. The summed E-state index contributed by atoms with van der Waals surface area (Å²) < 4.78 is 12.6. The molecule has 8 nitrogen and oxygen atoms in total. The second kappa shape index (κ2) is 10.2. The Hall–Kier alpha value is -3.82. The number of carbonyl (C=O) groups is 1. The van der Waals surface area contributed by atoms with E-state index in [-0.39, 0.29) is 12.4 Å². The molecule has 2 aromatic heterocycles. The first-order valence-corrected chi connectivity index (χ1v) is 13.2. The number of nitrogens with zero attached hydrogens (tertiary/aromatic N) is 4. The van der Waals surface area contributed by atoms with E-state index in [1.54, 1.807) is 25.4 Å².